The van der Waals surface area contributed by atoms with Crippen LogP contribution in [0, 0.1) is 0 Å². The molecule has 0 fully saturated rings. The maximum atomic E-state index is 11.7. The number of rotatable bonds is 2. The average molecular weight is 221 g/mol. The van der Waals surface area contributed by atoms with Gasteiger partial charge in [-0.3, -0.25) is 4.79 Å². The third-order valence-corrected chi connectivity index (χ3v) is 2.35. The lowest BCUT2D eigenvalue weighted by molar-refractivity contribution is -0.0431. The maximum absolute atomic E-state index is 11.7. The number of fused-ring (bicyclic) bond motifs is 1. The molecular weight excluding hydrogens is 206 g/mol. The number of Topliss-reactive ketones (excluding diaryl/α,β-unsaturated/α-hetero) is 1. The first-order valence-corrected chi connectivity index (χ1v) is 5.21. The summed E-state index contributed by atoms with van der Waals surface area (Å²) in [5.41, 5.74) is 6.10. The molecule has 4 nitrogen and oxygen atoms in total. The fraction of sp³-hybridized carbons (Fsp3) is 0.417. The summed E-state index contributed by atoms with van der Waals surface area (Å²) in [5, 5.41) is 0. The van der Waals surface area contributed by atoms with Crippen molar-refractivity contribution in [1.82, 2.24) is 0 Å². The first-order chi connectivity index (χ1) is 7.39. The van der Waals surface area contributed by atoms with Crippen LogP contribution in [-0.4, -0.2) is 17.6 Å². The van der Waals surface area contributed by atoms with Crippen molar-refractivity contribution >= 4 is 5.78 Å². The van der Waals surface area contributed by atoms with Gasteiger partial charge >= 0.3 is 0 Å². The lowest BCUT2D eigenvalue weighted by Gasteiger charge is -2.16. The molecule has 0 aliphatic carbocycles. The third kappa shape index (κ3) is 1.88. The molecule has 0 radical (unpaired) electrons. The Labute approximate surface area is 94.3 Å². The van der Waals surface area contributed by atoms with E-state index in [2.05, 4.69) is 0 Å². The molecule has 0 spiro atoms. The van der Waals surface area contributed by atoms with Gasteiger partial charge in [-0.15, -0.1) is 0 Å². The van der Waals surface area contributed by atoms with E-state index in [1.165, 1.54) is 0 Å². The monoisotopic (exact) mass is 221 g/mol. The van der Waals surface area contributed by atoms with Gasteiger partial charge in [-0.1, -0.05) is 0 Å². The van der Waals surface area contributed by atoms with Gasteiger partial charge in [0.2, 0.25) is 5.79 Å². The molecule has 1 aliphatic rings. The van der Waals surface area contributed by atoms with E-state index in [1.807, 2.05) is 13.8 Å². The maximum Gasteiger partial charge on any atom is 0.246 e. The molecule has 1 aliphatic heterocycles. The Morgan fingerprint density at radius 2 is 1.94 bits per heavy atom. The zero-order valence-corrected chi connectivity index (χ0v) is 9.61. The summed E-state index contributed by atoms with van der Waals surface area (Å²) in [6.45, 7) is 5.30. The van der Waals surface area contributed by atoms with E-state index in [0.717, 1.165) is 0 Å². The minimum Gasteiger partial charge on any atom is -0.449 e. The van der Waals surface area contributed by atoms with Crippen molar-refractivity contribution in [2.75, 3.05) is 0 Å². The van der Waals surface area contributed by atoms with Crippen molar-refractivity contribution in [2.24, 2.45) is 5.73 Å². The summed E-state index contributed by atoms with van der Waals surface area (Å²) in [7, 11) is 0. The summed E-state index contributed by atoms with van der Waals surface area (Å²) in [4.78, 5) is 11.7. The molecule has 0 bridgehead atoms. The Balaban J connectivity index is 2.33. The lowest BCUT2D eigenvalue weighted by Crippen LogP contribution is -2.29. The average Bonchev–Trinajstić information content (AvgIpc) is 2.48. The fourth-order valence-electron chi connectivity index (χ4n) is 1.64. The second-order valence-corrected chi connectivity index (χ2v) is 4.42. The van der Waals surface area contributed by atoms with E-state index in [0.29, 0.717) is 17.1 Å². The molecule has 2 N–H and O–H groups in total. The fourth-order valence-corrected chi connectivity index (χ4v) is 1.64. The number of hydrogen-bond donors (Lipinski definition) is 1. The molecular formula is C12H15NO3. The second-order valence-electron chi connectivity index (χ2n) is 4.42. The van der Waals surface area contributed by atoms with Gasteiger partial charge in [0.15, 0.2) is 17.3 Å². The Hall–Kier alpha value is -1.55. The van der Waals surface area contributed by atoms with E-state index in [1.54, 1.807) is 25.1 Å². The number of carbonyl (C=O) groups excluding carboxylic acids is 1. The minimum atomic E-state index is -0.668. The highest BCUT2D eigenvalue weighted by molar-refractivity contribution is 6.00. The SMILES string of the molecule is CC(N)C(=O)c1ccc2c(c1)OC(C)(C)O2. The minimum absolute atomic E-state index is 0.101. The van der Waals surface area contributed by atoms with Crippen LogP contribution in [0.4, 0.5) is 0 Å². The predicted octanol–water partition coefficient (Wildman–Crippen LogP) is 1.72. The highest BCUT2D eigenvalue weighted by Gasteiger charge is 2.32. The molecule has 1 unspecified atom stereocenters. The van der Waals surface area contributed by atoms with Crippen LogP contribution in [0.2, 0.25) is 0 Å². The van der Waals surface area contributed by atoms with Crippen LogP contribution < -0.4 is 15.2 Å². The number of benzene rings is 1. The number of carbonyl (C=O) groups is 1. The lowest BCUT2D eigenvalue weighted by atomic mass is 10.1. The molecule has 1 atom stereocenters. The Bertz CT molecular complexity index is 438. The van der Waals surface area contributed by atoms with Crippen molar-refractivity contribution in [3.05, 3.63) is 23.8 Å². The zero-order chi connectivity index (χ0) is 11.9. The summed E-state index contributed by atoms with van der Waals surface area (Å²) < 4.78 is 11.1. The molecule has 16 heavy (non-hydrogen) atoms. The van der Waals surface area contributed by atoms with Gasteiger partial charge in [0, 0.05) is 19.4 Å². The number of ketones is 1. The zero-order valence-electron chi connectivity index (χ0n) is 9.61. The van der Waals surface area contributed by atoms with Gasteiger partial charge in [-0.05, 0) is 25.1 Å². The molecule has 1 aromatic carbocycles. The summed E-state index contributed by atoms with van der Waals surface area (Å²) in [6.07, 6.45) is 0. The van der Waals surface area contributed by atoms with Crippen molar-refractivity contribution in [3.8, 4) is 11.5 Å². The van der Waals surface area contributed by atoms with Crippen LogP contribution in [0.1, 0.15) is 31.1 Å². The van der Waals surface area contributed by atoms with Crippen LogP contribution in [0.5, 0.6) is 11.5 Å². The standard InChI is InChI=1S/C12H15NO3/c1-7(13)11(14)8-4-5-9-10(6-8)16-12(2,3)15-9/h4-7H,13H2,1-3H3. The molecule has 1 aromatic rings. The molecule has 0 amide bonds. The summed E-state index contributed by atoms with van der Waals surface area (Å²) in [5.74, 6) is 0.483. The van der Waals surface area contributed by atoms with Crippen LogP contribution >= 0.6 is 0 Å². The van der Waals surface area contributed by atoms with E-state index in [9.17, 15) is 4.79 Å². The Morgan fingerprint density at radius 3 is 2.56 bits per heavy atom. The van der Waals surface area contributed by atoms with Crippen molar-refractivity contribution in [1.29, 1.82) is 0 Å². The van der Waals surface area contributed by atoms with Crippen LogP contribution in [0.15, 0.2) is 18.2 Å². The van der Waals surface area contributed by atoms with Crippen molar-refractivity contribution < 1.29 is 14.3 Å². The molecule has 0 saturated heterocycles. The Kier molecular flexibility index (Phi) is 2.39. The predicted molar refractivity (Wildman–Crippen MR) is 59.8 cm³/mol. The van der Waals surface area contributed by atoms with Gasteiger partial charge < -0.3 is 15.2 Å². The van der Waals surface area contributed by atoms with Crippen LogP contribution in [0.3, 0.4) is 0 Å². The van der Waals surface area contributed by atoms with E-state index >= 15 is 0 Å². The summed E-state index contributed by atoms with van der Waals surface area (Å²) >= 11 is 0. The Morgan fingerprint density at radius 1 is 1.31 bits per heavy atom. The van der Waals surface area contributed by atoms with Gasteiger partial charge in [0.25, 0.3) is 0 Å². The van der Waals surface area contributed by atoms with E-state index in [4.69, 9.17) is 15.2 Å². The van der Waals surface area contributed by atoms with E-state index in [-0.39, 0.29) is 5.78 Å². The quantitative estimate of drug-likeness (QED) is 0.772. The molecule has 0 aromatic heterocycles. The van der Waals surface area contributed by atoms with Crippen molar-refractivity contribution in [2.45, 2.75) is 32.6 Å². The van der Waals surface area contributed by atoms with Crippen LogP contribution in [-0.2, 0) is 0 Å². The third-order valence-electron chi connectivity index (χ3n) is 2.35. The first-order valence-electron chi connectivity index (χ1n) is 5.21. The smallest absolute Gasteiger partial charge is 0.246 e. The highest BCUT2D eigenvalue weighted by Crippen LogP contribution is 2.39. The number of nitrogens with two attached hydrogens (primary N) is 1. The molecule has 4 heteroatoms. The van der Waals surface area contributed by atoms with Gasteiger partial charge in [-0.25, -0.2) is 0 Å². The topological polar surface area (TPSA) is 61.6 Å². The van der Waals surface area contributed by atoms with Gasteiger partial charge in [0.1, 0.15) is 0 Å². The summed E-state index contributed by atoms with van der Waals surface area (Å²) in [6, 6.07) is 4.61. The number of ether oxygens (including phenoxy) is 2. The van der Waals surface area contributed by atoms with Gasteiger partial charge in [0.05, 0.1) is 6.04 Å². The molecule has 1 heterocycles. The largest absolute Gasteiger partial charge is 0.449 e. The molecule has 86 valence electrons. The number of hydrogen-bond acceptors (Lipinski definition) is 4. The van der Waals surface area contributed by atoms with Gasteiger partial charge in [-0.2, -0.15) is 0 Å². The van der Waals surface area contributed by atoms with E-state index < -0.39 is 11.8 Å². The van der Waals surface area contributed by atoms with Crippen LogP contribution in [0.25, 0.3) is 0 Å². The highest BCUT2D eigenvalue weighted by atomic mass is 16.7. The molecule has 0 saturated carbocycles. The first kappa shape index (κ1) is 11.0. The normalized spacial score (nSPS) is 18.2. The molecule has 2 rings (SSSR count). The van der Waals surface area contributed by atoms with Crippen molar-refractivity contribution in [3.63, 3.8) is 0 Å². The second kappa shape index (κ2) is 3.49.